The molecule has 2 radical (unpaired) electrons. The second-order valence-electron chi connectivity index (χ2n) is 8.47. The number of para-hydroxylation sites is 1. The van der Waals surface area contributed by atoms with E-state index in [1.54, 1.807) is 31.2 Å². The monoisotopic (exact) mass is 442 g/mol. The van der Waals surface area contributed by atoms with Gasteiger partial charge in [0.15, 0.2) is 17.4 Å². The number of benzene rings is 1. The van der Waals surface area contributed by atoms with Gasteiger partial charge in [-0.2, -0.15) is 5.10 Å². The minimum absolute atomic E-state index is 0.0138. The Morgan fingerprint density at radius 1 is 1.15 bits per heavy atom. The zero-order valence-corrected chi connectivity index (χ0v) is 18.5. The van der Waals surface area contributed by atoms with E-state index in [9.17, 15) is 9.59 Å². The molecule has 2 fully saturated rings. The molecule has 2 aliphatic rings. The van der Waals surface area contributed by atoms with Gasteiger partial charge in [0.25, 0.3) is 0 Å². The maximum atomic E-state index is 13.0. The number of hydrogen-bond acceptors (Lipinski definition) is 7. The van der Waals surface area contributed by atoms with E-state index in [-0.39, 0.29) is 29.1 Å². The molecule has 0 bridgehead atoms. The van der Waals surface area contributed by atoms with Crippen molar-refractivity contribution in [2.45, 2.75) is 25.7 Å². The average molecular weight is 442 g/mol. The molecule has 10 heteroatoms. The topological polar surface area (TPSA) is 111 Å². The number of hydrogen-bond donors (Lipinski definition) is 2. The summed E-state index contributed by atoms with van der Waals surface area (Å²) >= 11 is 0. The highest BCUT2D eigenvalue weighted by Crippen LogP contribution is 2.39. The number of aryl methyl sites for hydroxylation is 1. The Kier molecular flexibility index (Phi) is 5.35. The van der Waals surface area contributed by atoms with Crippen LogP contribution >= 0.6 is 0 Å². The fourth-order valence-corrected chi connectivity index (χ4v) is 3.75. The molecule has 1 aromatic carbocycles. The van der Waals surface area contributed by atoms with E-state index in [2.05, 4.69) is 25.7 Å². The van der Waals surface area contributed by atoms with Crippen molar-refractivity contribution in [1.29, 1.82) is 0 Å². The van der Waals surface area contributed by atoms with Crippen LogP contribution in [0.2, 0.25) is 0 Å². The number of Topliss-reactive ketones (excluding diaryl/α,β-unsaturated/α-hetero) is 1. The standard InChI is InChI=1S/C23H23BN6O3/c1-30-11-25-22(29-30)14-4-3-5-15(20(14)33-2)26-16-10-17(28-23(32)13-8-9-13)27-21(24)18(16)19(31)12-6-7-12/h3-5,10-13H,6-9H2,1-2H3,(H2,26,27,28,32). The maximum absolute atomic E-state index is 13.0. The van der Waals surface area contributed by atoms with Crippen molar-refractivity contribution in [2.24, 2.45) is 18.9 Å². The van der Waals surface area contributed by atoms with Gasteiger partial charge in [0.05, 0.1) is 29.6 Å². The van der Waals surface area contributed by atoms with Gasteiger partial charge < -0.3 is 15.4 Å². The first kappa shape index (κ1) is 21.2. The number of anilines is 3. The summed E-state index contributed by atoms with van der Waals surface area (Å²) in [5.41, 5.74) is 2.18. The molecule has 0 saturated heterocycles. The van der Waals surface area contributed by atoms with Crippen LogP contribution in [0.5, 0.6) is 5.75 Å². The highest BCUT2D eigenvalue weighted by molar-refractivity contribution is 6.36. The second-order valence-corrected chi connectivity index (χ2v) is 8.47. The Morgan fingerprint density at radius 2 is 1.91 bits per heavy atom. The molecule has 3 aromatic rings. The lowest BCUT2D eigenvalue weighted by Crippen LogP contribution is -2.25. The summed E-state index contributed by atoms with van der Waals surface area (Å²) in [6.07, 6.45) is 5.02. The van der Waals surface area contributed by atoms with E-state index in [0.717, 1.165) is 25.7 Å². The van der Waals surface area contributed by atoms with Crippen molar-refractivity contribution < 1.29 is 14.3 Å². The smallest absolute Gasteiger partial charge is 0.228 e. The van der Waals surface area contributed by atoms with Crippen LogP contribution in [0.3, 0.4) is 0 Å². The van der Waals surface area contributed by atoms with Crippen LogP contribution in [0, 0.1) is 11.8 Å². The number of amides is 1. The number of carbonyl (C=O) groups excluding carboxylic acids is 2. The van der Waals surface area contributed by atoms with Crippen molar-refractivity contribution in [2.75, 3.05) is 17.7 Å². The Balaban J connectivity index is 1.55. The second kappa shape index (κ2) is 8.34. The number of ether oxygens (including phenoxy) is 1. The summed E-state index contributed by atoms with van der Waals surface area (Å²) < 4.78 is 7.29. The predicted molar refractivity (Wildman–Crippen MR) is 124 cm³/mol. The van der Waals surface area contributed by atoms with Crippen molar-refractivity contribution in [3.63, 3.8) is 0 Å². The molecule has 0 atom stereocenters. The summed E-state index contributed by atoms with van der Waals surface area (Å²) in [6, 6.07) is 7.18. The van der Waals surface area contributed by atoms with Crippen LogP contribution in [0.1, 0.15) is 36.0 Å². The average Bonchev–Trinajstić information content (AvgIpc) is 3.70. The van der Waals surface area contributed by atoms with Crippen LogP contribution in [-0.4, -0.2) is 46.4 Å². The molecule has 0 aliphatic heterocycles. The first-order valence-corrected chi connectivity index (χ1v) is 10.9. The van der Waals surface area contributed by atoms with Crippen LogP contribution in [0.4, 0.5) is 17.2 Å². The molecular weight excluding hydrogens is 419 g/mol. The number of nitrogens with one attached hydrogen (secondary N) is 2. The highest BCUT2D eigenvalue weighted by Gasteiger charge is 2.34. The van der Waals surface area contributed by atoms with Crippen molar-refractivity contribution in [1.82, 2.24) is 19.7 Å². The summed E-state index contributed by atoms with van der Waals surface area (Å²) in [6.45, 7) is 0. The quantitative estimate of drug-likeness (QED) is 0.407. The first-order chi connectivity index (χ1) is 15.9. The fourth-order valence-electron chi connectivity index (χ4n) is 3.75. The SMILES string of the molecule is [B]c1nc(NC(=O)C2CC2)cc(Nc2cccc(-c3ncn(C)n3)c2OC)c1C(=O)C1CC1. The summed E-state index contributed by atoms with van der Waals surface area (Å²) in [5, 5.41) is 10.5. The Labute approximate surface area is 192 Å². The fraction of sp³-hybridized carbons (Fsp3) is 0.348. The van der Waals surface area contributed by atoms with Gasteiger partial charge in [-0.15, -0.1) is 0 Å². The van der Waals surface area contributed by atoms with Gasteiger partial charge in [-0.3, -0.25) is 14.3 Å². The third kappa shape index (κ3) is 4.33. The lowest BCUT2D eigenvalue weighted by Gasteiger charge is -2.18. The largest absolute Gasteiger partial charge is 0.494 e. The van der Waals surface area contributed by atoms with Gasteiger partial charge in [0.1, 0.15) is 20.0 Å². The minimum atomic E-state index is -0.0880. The molecule has 1 amide bonds. The molecule has 9 nitrogen and oxygen atoms in total. The van der Waals surface area contributed by atoms with Gasteiger partial charge in [-0.25, -0.2) is 9.97 Å². The highest BCUT2D eigenvalue weighted by atomic mass is 16.5. The van der Waals surface area contributed by atoms with E-state index in [1.807, 2.05) is 18.2 Å². The number of carbonyl (C=O) groups is 2. The minimum Gasteiger partial charge on any atom is -0.494 e. The van der Waals surface area contributed by atoms with Gasteiger partial charge in [0.2, 0.25) is 5.91 Å². The predicted octanol–water partition coefficient (Wildman–Crippen LogP) is 2.36. The van der Waals surface area contributed by atoms with Crippen LogP contribution in [0.15, 0.2) is 30.6 Å². The molecule has 2 heterocycles. The molecule has 2 aliphatic carbocycles. The molecular formula is C23H23BN6O3. The summed E-state index contributed by atoms with van der Waals surface area (Å²) in [7, 11) is 9.58. The number of methoxy groups -OCH3 is 1. The number of rotatable bonds is 8. The zero-order chi connectivity index (χ0) is 23.1. The van der Waals surface area contributed by atoms with E-state index < -0.39 is 0 Å². The third-order valence-electron chi connectivity index (χ3n) is 5.77. The van der Waals surface area contributed by atoms with Gasteiger partial charge in [0, 0.05) is 30.5 Å². The Hall–Kier alpha value is -3.69. The van der Waals surface area contributed by atoms with Crippen molar-refractivity contribution in [3.05, 3.63) is 36.2 Å². The lowest BCUT2D eigenvalue weighted by molar-refractivity contribution is -0.117. The summed E-state index contributed by atoms with van der Waals surface area (Å²) in [5.74, 6) is 1.17. The molecule has 2 saturated carbocycles. The van der Waals surface area contributed by atoms with Crippen molar-refractivity contribution >= 4 is 42.3 Å². The number of nitrogens with zero attached hydrogens (tertiary/aromatic N) is 4. The number of ketones is 1. The van der Waals surface area contributed by atoms with Crippen LogP contribution in [-0.2, 0) is 11.8 Å². The number of aromatic nitrogens is 4. The molecule has 2 N–H and O–H groups in total. The van der Waals surface area contributed by atoms with Crippen LogP contribution < -0.4 is 21.0 Å². The molecule has 0 unspecified atom stereocenters. The van der Waals surface area contributed by atoms with E-state index in [4.69, 9.17) is 12.6 Å². The number of pyridine rings is 1. The van der Waals surface area contributed by atoms with E-state index >= 15 is 0 Å². The lowest BCUT2D eigenvalue weighted by atomic mass is 9.91. The van der Waals surface area contributed by atoms with Gasteiger partial charge in [-0.1, -0.05) is 6.07 Å². The summed E-state index contributed by atoms with van der Waals surface area (Å²) in [4.78, 5) is 33.9. The van der Waals surface area contributed by atoms with E-state index in [0.29, 0.717) is 39.9 Å². The van der Waals surface area contributed by atoms with Gasteiger partial charge in [-0.05, 0) is 37.8 Å². The normalized spacial score (nSPS) is 15.2. The third-order valence-corrected chi connectivity index (χ3v) is 5.77. The maximum Gasteiger partial charge on any atom is 0.228 e. The molecule has 0 spiro atoms. The van der Waals surface area contributed by atoms with Crippen molar-refractivity contribution in [3.8, 4) is 17.1 Å². The first-order valence-electron chi connectivity index (χ1n) is 10.9. The molecule has 5 rings (SSSR count). The Bertz CT molecular complexity index is 1250. The molecule has 33 heavy (non-hydrogen) atoms. The molecule has 2 aromatic heterocycles. The van der Waals surface area contributed by atoms with Crippen LogP contribution in [0.25, 0.3) is 11.4 Å². The van der Waals surface area contributed by atoms with E-state index in [1.165, 1.54) is 0 Å². The van der Waals surface area contributed by atoms with Gasteiger partial charge >= 0.3 is 0 Å². The Morgan fingerprint density at radius 3 is 2.55 bits per heavy atom. The zero-order valence-electron chi connectivity index (χ0n) is 18.5. The molecule has 166 valence electrons.